The number of hydrogen-bond donors (Lipinski definition) is 1. The van der Waals surface area contributed by atoms with Crippen LogP contribution in [0.1, 0.15) is 29.3 Å². The summed E-state index contributed by atoms with van der Waals surface area (Å²) in [5.74, 6) is 2.38. The smallest absolute Gasteiger partial charge is 0.325 e. The fourth-order valence-electron chi connectivity index (χ4n) is 4.20. The molecule has 166 valence electrons. The molecule has 3 aromatic rings. The summed E-state index contributed by atoms with van der Waals surface area (Å²) in [7, 11) is 2.15. The zero-order chi connectivity index (χ0) is 22.2. The summed E-state index contributed by atoms with van der Waals surface area (Å²) >= 11 is 1.42. The van der Waals surface area contributed by atoms with Gasteiger partial charge in [-0.25, -0.2) is 0 Å². The van der Waals surface area contributed by atoms with E-state index in [1.54, 1.807) is 0 Å². The molecule has 8 heteroatoms. The molecule has 0 bridgehead atoms. The lowest BCUT2D eigenvalue weighted by Gasteiger charge is -2.33. The van der Waals surface area contributed by atoms with E-state index in [9.17, 15) is 0 Å². The van der Waals surface area contributed by atoms with Crippen molar-refractivity contribution in [2.24, 2.45) is 0 Å². The zero-order valence-corrected chi connectivity index (χ0v) is 19.8. The van der Waals surface area contributed by atoms with E-state index in [4.69, 9.17) is 9.72 Å². The second-order valence-corrected chi connectivity index (χ2v) is 9.48. The lowest BCUT2D eigenvalue weighted by atomic mass is 10.0. The van der Waals surface area contributed by atoms with Crippen LogP contribution in [-0.2, 0) is 6.42 Å². The minimum atomic E-state index is 0.354. The van der Waals surface area contributed by atoms with Gasteiger partial charge in [0.15, 0.2) is 0 Å². The molecule has 2 aromatic heterocycles. The topological polar surface area (TPSA) is 66.4 Å². The summed E-state index contributed by atoms with van der Waals surface area (Å²) in [4.78, 5) is 14.1. The molecule has 2 aliphatic rings. The van der Waals surface area contributed by atoms with Crippen molar-refractivity contribution in [3.05, 3.63) is 52.2 Å². The number of rotatable bonds is 5. The van der Waals surface area contributed by atoms with Crippen LogP contribution in [0.25, 0.3) is 6.08 Å². The van der Waals surface area contributed by atoms with Gasteiger partial charge in [-0.2, -0.15) is 14.3 Å². The Labute approximate surface area is 192 Å². The molecular formula is C24H28N6OS. The second kappa shape index (κ2) is 8.52. The maximum atomic E-state index is 6.27. The predicted octanol–water partition coefficient (Wildman–Crippen LogP) is 4.80. The van der Waals surface area contributed by atoms with Gasteiger partial charge in [-0.3, -0.25) is 0 Å². The van der Waals surface area contributed by atoms with Crippen LogP contribution in [0.3, 0.4) is 0 Å². The van der Waals surface area contributed by atoms with Crippen LogP contribution in [0.4, 0.5) is 16.6 Å². The highest BCUT2D eigenvalue weighted by Crippen LogP contribution is 2.35. The highest BCUT2D eigenvalue weighted by atomic mass is 32.1. The van der Waals surface area contributed by atoms with Crippen LogP contribution in [0.15, 0.2) is 29.8 Å². The Balaban J connectivity index is 1.47. The molecule has 7 nitrogen and oxygen atoms in total. The number of benzene rings is 1. The molecular weight excluding hydrogens is 420 g/mol. The van der Waals surface area contributed by atoms with E-state index in [0.717, 1.165) is 60.4 Å². The van der Waals surface area contributed by atoms with Crippen molar-refractivity contribution in [3.8, 4) is 11.8 Å². The maximum Gasteiger partial charge on any atom is 0.325 e. The maximum absolute atomic E-state index is 6.27. The van der Waals surface area contributed by atoms with E-state index < -0.39 is 0 Å². The van der Waals surface area contributed by atoms with E-state index in [0.29, 0.717) is 11.8 Å². The van der Waals surface area contributed by atoms with Crippen molar-refractivity contribution >= 4 is 34.2 Å². The number of ether oxygens (including phenoxy) is 1. The van der Waals surface area contributed by atoms with Gasteiger partial charge in [0.2, 0.25) is 0 Å². The third kappa shape index (κ3) is 4.33. The predicted molar refractivity (Wildman–Crippen MR) is 130 cm³/mol. The first-order valence-corrected chi connectivity index (χ1v) is 11.7. The molecule has 5 rings (SSSR count). The molecule has 3 heterocycles. The van der Waals surface area contributed by atoms with Gasteiger partial charge in [0.05, 0.1) is 5.69 Å². The molecule has 0 radical (unpaired) electrons. The molecule has 0 atom stereocenters. The SMILES string of the molecule is CC1=Cc2c(ccc(Oc3nc(Nc4cc(C)ns4)cc(N4CCN(C)CC4)n3)c2C)C1. The van der Waals surface area contributed by atoms with E-state index in [1.807, 2.05) is 25.1 Å². The van der Waals surface area contributed by atoms with Gasteiger partial charge in [-0.05, 0) is 74.6 Å². The number of piperazine rings is 1. The van der Waals surface area contributed by atoms with Crippen LogP contribution >= 0.6 is 11.5 Å². The number of likely N-dealkylation sites (N-methyl/N-ethyl adjacent to an activating group) is 1. The first-order valence-electron chi connectivity index (χ1n) is 10.9. The number of anilines is 3. The Morgan fingerprint density at radius 2 is 1.84 bits per heavy atom. The average molecular weight is 449 g/mol. The Morgan fingerprint density at radius 3 is 2.59 bits per heavy atom. The third-order valence-electron chi connectivity index (χ3n) is 6.02. The van der Waals surface area contributed by atoms with Crippen molar-refractivity contribution in [1.29, 1.82) is 0 Å². The van der Waals surface area contributed by atoms with Crippen molar-refractivity contribution < 1.29 is 4.74 Å². The van der Waals surface area contributed by atoms with Crippen LogP contribution < -0.4 is 15.0 Å². The molecule has 0 amide bonds. The normalized spacial score (nSPS) is 16.1. The Kier molecular flexibility index (Phi) is 5.57. The summed E-state index contributed by atoms with van der Waals surface area (Å²) < 4.78 is 10.6. The highest BCUT2D eigenvalue weighted by Gasteiger charge is 2.20. The van der Waals surface area contributed by atoms with Gasteiger partial charge in [0, 0.05) is 32.2 Å². The molecule has 0 saturated carbocycles. The van der Waals surface area contributed by atoms with Crippen LogP contribution in [0.5, 0.6) is 11.8 Å². The summed E-state index contributed by atoms with van der Waals surface area (Å²) in [5, 5.41) is 4.33. The number of nitrogens with zero attached hydrogens (tertiary/aromatic N) is 5. The van der Waals surface area contributed by atoms with Gasteiger partial charge >= 0.3 is 6.01 Å². The average Bonchev–Trinajstić information content (AvgIpc) is 3.35. The molecule has 1 saturated heterocycles. The van der Waals surface area contributed by atoms with E-state index in [2.05, 4.69) is 57.5 Å². The molecule has 1 N–H and O–H groups in total. The third-order valence-corrected chi connectivity index (χ3v) is 6.81. The Bertz CT molecular complexity index is 1180. The summed E-state index contributed by atoms with van der Waals surface area (Å²) in [6, 6.07) is 8.55. The number of fused-ring (bicyclic) bond motifs is 1. The van der Waals surface area contributed by atoms with Crippen molar-refractivity contribution in [2.75, 3.05) is 43.4 Å². The highest BCUT2D eigenvalue weighted by molar-refractivity contribution is 7.10. The molecule has 32 heavy (non-hydrogen) atoms. The summed E-state index contributed by atoms with van der Waals surface area (Å²) in [5.41, 5.74) is 6.09. The molecule has 1 aliphatic carbocycles. The number of hydrogen-bond acceptors (Lipinski definition) is 8. The minimum absolute atomic E-state index is 0.354. The molecule has 1 aromatic carbocycles. The summed E-state index contributed by atoms with van der Waals surface area (Å²) in [6.45, 7) is 10.1. The minimum Gasteiger partial charge on any atom is -0.424 e. The monoisotopic (exact) mass is 448 g/mol. The van der Waals surface area contributed by atoms with Gasteiger partial charge < -0.3 is 19.9 Å². The quantitative estimate of drug-likeness (QED) is 0.601. The number of nitrogens with one attached hydrogen (secondary N) is 1. The molecule has 0 unspecified atom stereocenters. The van der Waals surface area contributed by atoms with Gasteiger partial charge in [0.1, 0.15) is 22.4 Å². The number of aromatic nitrogens is 3. The van der Waals surface area contributed by atoms with Crippen LogP contribution in [0.2, 0.25) is 0 Å². The molecule has 0 spiro atoms. The second-order valence-electron chi connectivity index (χ2n) is 8.67. The summed E-state index contributed by atoms with van der Waals surface area (Å²) in [6.07, 6.45) is 3.26. The first kappa shape index (κ1) is 20.9. The van der Waals surface area contributed by atoms with E-state index in [-0.39, 0.29) is 0 Å². The van der Waals surface area contributed by atoms with Gasteiger partial charge in [-0.1, -0.05) is 17.7 Å². The van der Waals surface area contributed by atoms with Crippen molar-refractivity contribution in [1.82, 2.24) is 19.2 Å². The van der Waals surface area contributed by atoms with Crippen molar-refractivity contribution in [3.63, 3.8) is 0 Å². The van der Waals surface area contributed by atoms with Gasteiger partial charge in [-0.15, -0.1) is 0 Å². The largest absolute Gasteiger partial charge is 0.424 e. The van der Waals surface area contributed by atoms with E-state index in [1.165, 1.54) is 28.2 Å². The fourth-order valence-corrected chi connectivity index (χ4v) is 4.86. The number of aryl methyl sites for hydroxylation is 1. The van der Waals surface area contributed by atoms with Crippen LogP contribution in [0, 0.1) is 13.8 Å². The fraction of sp³-hybridized carbons (Fsp3) is 0.375. The Hall–Kier alpha value is -2.97. The number of allylic oxidation sites excluding steroid dienone is 1. The molecule has 1 fully saturated rings. The first-order chi connectivity index (χ1) is 15.4. The Morgan fingerprint density at radius 1 is 1.03 bits per heavy atom. The van der Waals surface area contributed by atoms with Gasteiger partial charge in [0.25, 0.3) is 0 Å². The molecule has 1 aliphatic heterocycles. The zero-order valence-electron chi connectivity index (χ0n) is 19.0. The standard InChI is InChI=1S/C24H28N6OS/c1-15-11-18-5-6-20(17(3)19(18)12-15)31-24-26-21(25-23-13-16(2)28-32-23)14-22(27-24)30-9-7-29(4)8-10-30/h5-6,12-14H,7-11H2,1-4H3,(H,25,26,27). The van der Waals surface area contributed by atoms with E-state index >= 15 is 0 Å². The van der Waals surface area contributed by atoms with Crippen LogP contribution in [-0.4, -0.2) is 52.5 Å². The lowest BCUT2D eigenvalue weighted by Crippen LogP contribution is -2.44. The van der Waals surface area contributed by atoms with Crippen molar-refractivity contribution in [2.45, 2.75) is 27.2 Å². The lowest BCUT2D eigenvalue weighted by molar-refractivity contribution is 0.311.